The van der Waals surface area contributed by atoms with Crippen LogP contribution in [-0.4, -0.2) is 53.7 Å². The highest BCUT2D eigenvalue weighted by atomic mass is 35.5. The van der Waals surface area contributed by atoms with E-state index in [1.54, 1.807) is 23.1 Å². The highest BCUT2D eigenvalue weighted by molar-refractivity contribution is 6.39. The Hall–Kier alpha value is -2.08. The first-order chi connectivity index (χ1) is 12.1. The molecule has 0 atom stereocenters. The molecule has 1 saturated heterocycles. The zero-order chi connectivity index (χ0) is 19.5. The lowest BCUT2D eigenvalue weighted by atomic mass is 9.94. The number of hydrogen-bond acceptors (Lipinski definition) is 3. The van der Waals surface area contributed by atoms with Gasteiger partial charge in [-0.15, -0.1) is 0 Å². The third-order valence-electron chi connectivity index (χ3n) is 4.35. The van der Waals surface area contributed by atoms with Crippen molar-refractivity contribution in [3.8, 4) is 0 Å². The zero-order valence-corrected chi connectivity index (χ0v) is 16.5. The fourth-order valence-electron chi connectivity index (χ4n) is 2.85. The fraction of sp³-hybridized carbons (Fsp3) is 0.526. The summed E-state index contributed by atoms with van der Waals surface area (Å²) in [4.78, 5) is 40.5. The summed E-state index contributed by atoms with van der Waals surface area (Å²) in [6.07, 6.45) is 0.650. The zero-order valence-electron chi connectivity index (χ0n) is 15.8. The minimum atomic E-state index is -0.689. The Morgan fingerprint density at radius 1 is 1.04 bits per heavy atom. The molecule has 7 heteroatoms. The molecule has 0 spiro atoms. The molecule has 142 valence electrons. The van der Waals surface area contributed by atoms with Gasteiger partial charge in [-0.25, -0.2) is 0 Å². The molecule has 1 fully saturated rings. The number of aryl methyl sites for hydroxylation is 1. The number of benzene rings is 1. The van der Waals surface area contributed by atoms with E-state index in [-0.39, 0.29) is 5.91 Å². The minimum absolute atomic E-state index is 0.0609. The van der Waals surface area contributed by atoms with E-state index in [0.717, 1.165) is 5.56 Å². The molecular weight excluding hydrogens is 354 g/mol. The first-order valence-corrected chi connectivity index (χ1v) is 9.13. The van der Waals surface area contributed by atoms with Crippen LogP contribution in [0.2, 0.25) is 5.02 Å². The Bertz CT molecular complexity index is 712. The lowest BCUT2D eigenvalue weighted by Gasteiger charge is -2.28. The molecule has 1 aliphatic heterocycles. The summed E-state index contributed by atoms with van der Waals surface area (Å²) in [6.45, 7) is 9.30. The number of nitrogens with zero attached hydrogens (tertiary/aromatic N) is 2. The smallest absolute Gasteiger partial charge is 0.313 e. The van der Waals surface area contributed by atoms with Gasteiger partial charge >= 0.3 is 11.8 Å². The van der Waals surface area contributed by atoms with Gasteiger partial charge in [0.2, 0.25) is 5.91 Å². The first-order valence-electron chi connectivity index (χ1n) is 8.75. The van der Waals surface area contributed by atoms with E-state index < -0.39 is 17.2 Å². The van der Waals surface area contributed by atoms with Gasteiger partial charge in [0.05, 0.1) is 0 Å². The summed E-state index contributed by atoms with van der Waals surface area (Å²) >= 11 is 5.95. The monoisotopic (exact) mass is 379 g/mol. The number of carbonyl (C=O) groups is 3. The maximum Gasteiger partial charge on any atom is 0.313 e. The second kappa shape index (κ2) is 8.08. The lowest BCUT2D eigenvalue weighted by Crippen LogP contribution is -2.44. The van der Waals surface area contributed by atoms with Crippen LogP contribution in [0.15, 0.2) is 18.2 Å². The highest BCUT2D eigenvalue weighted by Crippen LogP contribution is 2.21. The molecule has 1 heterocycles. The highest BCUT2D eigenvalue weighted by Gasteiger charge is 2.30. The van der Waals surface area contributed by atoms with E-state index in [4.69, 9.17) is 11.6 Å². The van der Waals surface area contributed by atoms with Crippen LogP contribution in [0.4, 0.5) is 5.69 Å². The van der Waals surface area contributed by atoms with Crippen molar-refractivity contribution in [1.29, 1.82) is 0 Å². The van der Waals surface area contributed by atoms with Gasteiger partial charge in [-0.1, -0.05) is 38.4 Å². The Morgan fingerprint density at radius 3 is 2.31 bits per heavy atom. The SMILES string of the molecule is Cc1ccc(Cl)cc1NC(=O)C(=O)N1CCCN(C(=O)C(C)(C)C)CC1. The molecule has 1 aromatic carbocycles. The number of amides is 3. The number of hydrogen-bond donors (Lipinski definition) is 1. The number of rotatable bonds is 1. The summed E-state index contributed by atoms with van der Waals surface area (Å²) < 4.78 is 0. The largest absolute Gasteiger partial charge is 0.340 e. The van der Waals surface area contributed by atoms with Crippen molar-refractivity contribution in [2.24, 2.45) is 5.41 Å². The van der Waals surface area contributed by atoms with E-state index in [1.807, 2.05) is 27.7 Å². The maximum absolute atomic E-state index is 12.5. The number of halogens is 1. The quantitative estimate of drug-likeness (QED) is 0.763. The maximum atomic E-state index is 12.5. The molecule has 0 bridgehead atoms. The molecule has 1 aliphatic rings. The molecule has 2 rings (SSSR count). The van der Waals surface area contributed by atoms with Gasteiger partial charge in [0, 0.05) is 42.3 Å². The van der Waals surface area contributed by atoms with Gasteiger partial charge in [-0.2, -0.15) is 0 Å². The Kier molecular flexibility index (Phi) is 6.29. The van der Waals surface area contributed by atoms with Crippen LogP contribution in [0.1, 0.15) is 32.8 Å². The summed E-state index contributed by atoms with van der Waals surface area (Å²) in [6, 6.07) is 5.13. The van der Waals surface area contributed by atoms with E-state index in [1.165, 1.54) is 4.90 Å². The van der Waals surface area contributed by atoms with Crippen molar-refractivity contribution in [3.63, 3.8) is 0 Å². The van der Waals surface area contributed by atoms with Crippen molar-refractivity contribution in [3.05, 3.63) is 28.8 Å². The summed E-state index contributed by atoms with van der Waals surface area (Å²) in [5, 5.41) is 3.12. The molecule has 1 N–H and O–H groups in total. The van der Waals surface area contributed by atoms with Gasteiger partial charge < -0.3 is 15.1 Å². The van der Waals surface area contributed by atoms with Gasteiger partial charge in [0.1, 0.15) is 0 Å². The standard InChI is InChI=1S/C19H26ClN3O3/c1-13-6-7-14(20)12-15(13)21-16(24)17(25)22-8-5-9-23(11-10-22)18(26)19(2,3)4/h6-7,12H,5,8-11H2,1-4H3,(H,21,24). The molecular formula is C19H26ClN3O3. The summed E-state index contributed by atoms with van der Waals surface area (Å²) in [5.41, 5.74) is 0.893. The molecule has 0 radical (unpaired) electrons. The Labute approximate surface area is 159 Å². The van der Waals surface area contributed by atoms with Crippen LogP contribution in [-0.2, 0) is 14.4 Å². The second-order valence-corrected chi connectivity index (χ2v) is 8.04. The van der Waals surface area contributed by atoms with Crippen LogP contribution in [0.25, 0.3) is 0 Å². The predicted molar refractivity (Wildman–Crippen MR) is 102 cm³/mol. The van der Waals surface area contributed by atoms with Crippen LogP contribution in [0.3, 0.4) is 0 Å². The Morgan fingerprint density at radius 2 is 1.65 bits per heavy atom. The van der Waals surface area contributed by atoms with E-state index in [0.29, 0.717) is 43.3 Å². The molecule has 1 aromatic rings. The fourth-order valence-corrected chi connectivity index (χ4v) is 3.02. The molecule has 26 heavy (non-hydrogen) atoms. The third-order valence-corrected chi connectivity index (χ3v) is 4.59. The van der Waals surface area contributed by atoms with Crippen molar-refractivity contribution >= 4 is 35.0 Å². The van der Waals surface area contributed by atoms with Gasteiger partial charge in [0.15, 0.2) is 0 Å². The van der Waals surface area contributed by atoms with Crippen molar-refractivity contribution in [2.75, 3.05) is 31.5 Å². The van der Waals surface area contributed by atoms with E-state index >= 15 is 0 Å². The summed E-state index contributed by atoms with van der Waals surface area (Å²) in [5.74, 6) is -1.22. The average Bonchev–Trinajstić information content (AvgIpc) is 2.81. The van der Waals surface area contributed by atoms with Crippen LogP contribution in [0, 0.1) is 12.3 Å². The van der Waals surface area contributed by atoms with Crippen LogP contribution >= 0.6 is 11.6 Å². The molecule has 3 amide bonds. The van der Waals surface area contributed by atoms with Crippen molar-refractivity contribution < 1.29 is 14.4 Å². The van der Waals surface area contributed by atoms with Crippen molar-refractivity contribution in [2.45, 2.75) is 34.1 Å². The van der Waals surface area contributed by atoms with Crippen LogP contribution < -0.4 is 5.32 Å². The molecule has 0 unspecified atom stereocenters. The minimum Gasteiger partial charge on any atom is -0.340 e. The van der Waals surface area contributed by atoms with Gasteiger partial charge in [0.25, 0.3) is 0 Å². The molecule has 0 aliphatic carbocycles. The molecule has 0 saturated carbocycles. The molecule has 6 nitrogen and oxygen atoms in total. The first kappa shape index (κ1) is 20.2. The van der Waals surface area contributed by atoms with Crippen molar-refractivity contribution in [1.82, 2.24) is 9.80 Å². The number of anilines is 1. The van der Waals surface area contributed by atoms with Gasteiger partial charge in [-0.3, -0.25) is 14.4 Å². The predicted octanol–water partition coefficient (Wildman–Crippen LogP) is 2.69. The Balaban J connectivity index is 2.00. The van der Waals surface area contributed by atoms with Crippen LogP contribution in [0.5, 0.6) is 0 Å². The van der Waals surface area contributed by atoms with E-state index in [2.05, 4.69) is 5.32 Å². The summed E-state index contributed by atoms with van der Waals surface area (Å²) in [7, 11) is 0. The number of carbonyl (C=O) groups excluding carboxylic acids is 3. The van der Waals surface area contributed by atoms with Gasteiger partial charge in [-0.05, 0) is 31.0 Å². The average molecular weight is 380 g/mol. The normalized spacial score (nSPS) is 15.4. The molecule has 0 aromatic heterocycles. The van der Waals surface area contributed by atoms with E-state index in [9.17, 15) is 14.4 Å². The third kappa shape index (κ3) is 4.97. The number of nitrogens with one attached hydrogen (secondary N) is 1. The topological polar surface area (TPSA) is 69.7 Å². The lowest BCUT2D eigenvalue weighted by molar-refractivity contribution is -0.143. The second-order valence-electron chi connectivity index (χ2n) is 7.60.